The highest BCUT2D eigenvalue weighted by Crippen LogP contribution is 2.39. The number of hydrogen-bond acceptors (Lipinski definition) is 4. The fraction of sp³-hybridized carbons (Fsp3) is 0.167. The van der Waals surface area contributed by atoms with Crippen LogP contribution in [0.2, 0.25) is 10.0 Å². The van der Waals surface area contributed by atoms with Gasteiger partial charge >= 0.3 is 6.18 Å². The number of rotatable bonds is 2. The van der Waals surface area contributed by atoms with Crippen LogP contribution >= 0.6 is 35.0 Å². The molecule has 0 amide bonds. The first kappa shape index (κ1) is 16.8. The smallest absolute Gasteiger partial charge is 0.383 e. The van der Waals surface area contributed by atoms with E-state index >= 15 is 0 Å². The van der Waals surface area contributed by atoms with Crippen LogP contribution in [0.15, 0.2) is 17.0 Å². The standard InChI is InChI=1S/C12H7Cl2F3N4S/c1-22-10-8(4-18)20-21(11(10)19)9-6(13)2-5(3-7(9)14)12(15,16)17/h2-3H,19H2,1H3. The van der Waals surface area contributed by atoms with Crippen LogP contribution in [0.25, 0.3) is 5.69 Å². The van der Waals surface area contributed by atoms with Crippen LogP contribution in [0.1, 0.15) is 11.3 Å². The Morgan fingerprint density at radius 2 is 1.86 bits per heavy atom. The second-order valence-corrected chi connectivity index (χ2v) is 5.71. The summed E-state index contributed by atoms with van der Waals surface area (Å²) >= 11 is 13.0. The largest absolute Gasteiger partial charge is 0.416 e. The number of hydrogen-bond donors (Lipinski definition) is 1. The van der Waals surface area contributed by atoms with E-state index in [1.54, 1.807) is 6.26 Å². The highest BCUT2D eigenvalue weighted by atomic mass is 35.5. The van der Waals surface area contributed by atoms with Gasteiger partial charge in [0.2, 0.25) is 0 Å². The maximum atomic E-state index is 12.7. The quantitative estimate of drug-likeness (QED) is 0.801. The molecular formula is C12H7Cl2F3N4S. The summed E-state index contributed by atoms with van der Waals surface area (Å²) in [5, 5.41) is 12.4. The minimum absolute atomic E-state index is 0.00867. The van der Waals surface area contributed by atoms with Gasteiger partial charge < -0.3 is 5.73 Å². The summed E-state index contributed by atoms with van der Waals surface area (Å²) in [6.07, 6.45) is -2.89. The Kier molecular flexibility index (Phi) is 4.52. The monoisotopic (exact) mass is 366 g/mol. The van der Waals surface area contributed by atoms with Crippen molar-refractivity contribution in [2.24, 2.45) is 0 Å². The van der Waals surface area contributed by atoms with Gasteiger partial charge in [0.1, 0.15) is 17.6 Å². The van der Waals surface area contributed by atoms with E-state index in [1.165, 1.54) is 11.8 Å². The molecule has 22 heavy (non-hydrogen) atoms. The first-order chi connectivity index (χ1) is 10.2. The molecule has 0 aliphatic carbocycles. The van der Waals surface area contributed by atoms with Crippen molar-refractivity contribution in [3.63, 3.8) is 0 Å². The molecule has 0 aliphatic rings. The molecule has 0 bridgehead atoms. The fourth-order valence-corrected chi connectivity index (χ4v) is 3.02. The molecule has 0 saturated carbocycles. The van der Waals surface area contributed by atoms with Crippen molar-refractivity contribution < 1.29 is 13.2 Å². The molecule has 4 nitrogen and oxygen atoms in total. The molecule has 2 N–H and O–H groups in total. The van der Waals surface area contributed by atoms with Gasteiger partial charge in [0.15, 0.2) is 5.69 Å². The molecule has 2 rings (SSSR count). The SMILES string of the molecule is CSc1c(C#N)nn(-c2c(Cl)cc(C(F)(F)F)cc2Cl)c1N. The summed E-state index contributed by atoms with van der Waals surface area (Å²) in [5.74, 6) is 0.0765. The van der Waals surface area contributed by atoms with Gasteiger partial charge in [-0.15, -0.1) is 11.8 Å². The van der Waals surface area contributed by atoms with E-state index in [0.717, 1.165) is 16.8 Å². The highest BCUT2D eigenvalue weighted by molar-refractivity contribution is 7.98. The molecule has 0 atom stereocenters. The van der Waals surface area contributed by atoms with Crippen LogP contribution in [0.4, 0.5) is 19.0 Å². The van der Waals surface area contributed by atoms with Crippen LogP contribution in [-0.2, 0) is 6.18 Å². The zero-order valence-corrected chi connectivity index (χ0v) is 13.2. The number of thioether (sulfide) groups is 1. The maximum absolute atomic E-state index is 12.7. The van der Waals surface area contributed by atoms with E-state index in [9.17, 15) is 13.2 Å². The van der Waals surface area contributed by atoms with E-state index in [1.807, 2.05) is 6.07 Å². The lowest BCUT2D eigenvalue weighted by Crippen LogP contribution is -2.08. The zero-order valence-electron chi connectivity index (χ0n) is 10.9. The summed E-state index contributed by atoms with van der Waals surface area (Å²) in [7, 11) is 0. The van der Waals surface area contributed by atoms with Gasteiger partial charge in [0, 0.05) is 0 Å². The molecule has 0 fully saturated rings. The molecular weight excluding hydrogens is 360 g/mol. The Balaban J connectivity index is 2.70. The molecule has 0 radical (unpaired) electrons. The number of alkyl halides is 3. The Morgan fingerprint density at radius 3 is 2.23 bits per heavy atom. The van der Waals surface area contributed by atoms with Crippen molar-refractivity contribution in [3.05, 3.63) is 33.4 Å². The Bertz CT molecular complexity index is 757. The molecule has 116 valence electrons. The molecule has 2 aromatic rings. The number of halogens is 5. The second-order valence-electron chi connectivity index (χ2n) is 4.08. The van der Waals surface area contributed by atoms with Crippen molar-refractivity contribution in [1.82, 2.24) is 9.78 Å². The van der Waals surface area contributed by atoms with Crippen LogP contribution < -0.4 is 5.73 Å². The average molecular weight is 367 g/mol. The van der Waals surface area contributed by atoms with Crippen LogP contribution in [0.5, 0.6) is 0 Å². The topological polar surface area (TPSA) is 67.6 Å². The second kappa shape index (κ2) is 5.91. The first-order valence-electron chi connectivity index (χ1n) is 5.60. The van der Waals surface area contributed by atoms with Crippen LogP contribution in [0.3, 0.4) is 0 Å². The van der Waals surface area contributed by atoms with Gasteiger partial charge in [-0.3, -0.25) is 0 Å². The molecule has 0 unspecified atom stereocenters. The van der Waals surface area contributed by atoms with Crippen LogP contribution in [0, 0.1) is 11.3 Å². The molecule has 1 aromatic carbocycles. The summed E-state index contributed by atoms with van der Waals surface area (Å²) in [6.45, 7) is 0. The molecule has 1 aromatic heterocycles. The normalized spacial score (nSPS) is 11.5. The summed E-state index contributed by atoms with van der Waals surface area (Å²) < 4.78 is 39.2. The van der Waals surface area contributed by atoms with E-state index in [2.05, 4.69) is 5.10 Å². The number of anilines is 1. The van der Waals surface area contributed by atoms with Gasteiger partial charge in [0.05, 0.1) is 20.5 Å². The number of nitrogens with two attached hydrogens (primary N) is 1. The van der Waals surface area contributed by atoms with Crippen molar-refractivity contribution in [3.8, 4) is 11.8 Å². The summed E-state index contributed by atoms with van der Waals surface area (Å²) in [4.78, 5) is 0.398. The van der Waals surface area contributed by atoms with Gasteiger partial charge in [-0.05, 0) is 18.4 Å². The third-order valence-electron chi connectivity index (χ3n) is 2.74. The lowest BCUT2D eigenvalue weighted by molar-refractivity contribution is -0.137. The number of aromatic nitrogens is 2. The maximum Gasteiger partial charge on any atom is 0.416 e. The highest BCUT2D eigenvalue weighted by Gasteiger charge is 2.32. The van der Waals surface area contributed by atoms with Gasteiger partial charge in [-0.25, -0.2) is 4.68 Å². The minimum Gasteiger partial charge on any atom is -0.383 e. The molecule has 0 spiro atoms. The Labute approximate surface area is 137 Å². The average Bonchev–Trinajstić information content (AvgIpc) is 2.73. The van der Waals surface area contributed by atoms with Crippen molar-refractivity contribution in [1.29, 1.82) is 5.26 Å². The number of benzene rings is 1. The van der Waals surface area contributed by atoms with E-state index in [0.29, 0.717) is 4.90 Å². The van der Waals surface area contributed by atoms with Crippen molar-refractivity contribution in [2.75, 3.05) is 12.0 Å². The van der Waals surface area contributed by atoms with Gasteiger partial charge in [-0.1, -0.05) is 23.2 Å². The third-order valence-corrected chi connectivity index (χ3v) is 4.13. The van der Waals surface area contributed by atoms with Crippen molar-refractivity contribution in [2.45, 2.75) is 11.1 Å². The molecule has 0 aliphatic heterocycles. The first-order valence-corrected chi connectivity index (χ1v) is 7.58. The Hall–Kier alpha value is -1.56. The third kappa shape index (κ3) is 2.84. The van der Waals surface area contributed by atoms with Gasteiger partial charge in [0.25, 0.3) is 0 Å². The lowest BCUT2D eigenvalue weighted by Gasteiger charge is -2.13. The van der Waals surface area contributed by atoms with E-state index < -0.39 is 11.7 Å². The van der Waals surface area contributed by atoms with Gasteiger partial charge in [-0.2, -0.15) is 23.5 Å². The summed E-state index contributed by atoms with van der Waals surface area (Å²) in [6, 6.07) is 3.31. The number of nitrogen functional groups attached to an aromatic ring is 1. The van der Waals surface area contributed by atoms with E-state index in [4.69, 9.17) is 34.2 Å². The molecule has 0 saturated heterocycles. The van der Waals surface area contributed by atoms with Crippen molar-refractivity contribution >= 4 is 40.8 Å². The minimum atomic E-state index is -4.58. The summed E-state index contributed by atoms with van der Waals surface area (Å²) in [5.41, 5.74) is 4.92. The Morgan fingerprint density at radius 1 is 1.32 bits per heavy atom. The molecule has 10 heteroatoms. The molecule has 1 heterocycles. The predicted octanol–water partition coefficient (Wildman–Crippen LogP) is 4.37. The van der Waals surface area contributed by atoms with Crippen LogP contribution in [-0.4, -0.2) is 16.0 Å². The predicted molar refractivity (Wildman–Crippen MR) is 79.5 cm³/mol. The number of nitriles is 1. The zero-order chi connectivity index (χ0) is 16.7. The fourth-order valence-electron chi connectivity index (χ4n) is 1.79. The lowest BCUT2D eigenvalue weighted by atomic mass is 10.2. The van der Waals surface area contributed by atoms with E-state index in [-0.39, 0.29) is 27.2 Å². The number of nitrogens with zero attached hydrogens (tertiary/aromatic N) is 3.